The maximum atomic E-state index is 5.67. The van der Waals surface area contributed by atoms with Crippen LogP contribution in [0.15, 0.2) is 24.3 Å². The zero-order chi connectivity index (χ0) is 15.8. The third kappa shape index (κ3) is 5.60. The molecule has 22 heavy (non-hydrogen) atoms. The van der Waals surface area contributed by atoms with Crippen molar-refractivity contribution >= 4 is 34.8 Å². The quantitative estimate of drug-likeness (QED) is 0.610. The van der Waals surface area contributed by atoms with E-state index in [9.17, 15) is 0 Å². The molecule has 0 aromatic heterocycles. The van der Waals surface area contributed by atoms with Crippen molar-refractivity contribution in [2.75, 3.05) is 52.6 Å². The molecule has 1 aromatic carbocycles. The van der Waals surface area contributed by atoms with Crippen molar-refractivity contribution in [3.05, 3.63) is 29.8 Å². The first-order valence-corrected chi connectivity index (χ1v) is 11.5. The highest BCUT2D eigenvalue weighted by Crippen LogP contribution is 2.46. The number of rotatable bonds is 2. The van der Waals surface area contributed by atoms with E-state index in [4.69, 9.17) is 33.5 Å². The molecular weight excluding hydrogens is 335 g/mol. The summed E-state index contributed by atoms with van der Waals surface area (Å²) in [6.45, 7) is 9.51. The molecule has 2 N–H and O–H groups in total. The molecule has 2 heterocycles. The Morgan fingerprint density at radius 1 is 1.05 bits per heavy atom. The molecule has 2 aliphatic heterocycles. The summed E-state index contributed by atoms with van der Waals surface area (Å²) in [4.78, 5) is 0. The van der Waals surface area contributed by atoms with Gasteiger partial charge >= 0.3 is 0 Å². The van der Waals surface area contributed by atoms with E-state index in [2.05, 4.69) is 41.2 Å². The van der Waals surface area contributed by atoms with Crippen molar-refractivity contribution in [2.45, 2.75) is 6.92 Å². The molecule has 0 saturated carbocycles. The summed E-state index contributed by atoms with van der Waals surface area (Å²) in [6, 6.07) is 8.34. The Morgan fingerprint density at radius 2 is 1.59 bits per heavy atom. The van der Waals surface area contributed by atoms with Gasteiger partial charge in [0.05, 0.1) is 39.5 Å². The van der Waals surface area contributed by atoms with Gasteiger partial charge in [-0.05, 0) is 12.2 Å². The SMILES string of the molecule is C1COCC[NH2+]1.Cc1ccc(P(=S)([S-])N2CCOCC2)cc1. The van der Waals surface area contributed by atoms with Crippen LogP contribution in [-0.2, 0) is 33.5 Å². The Bertz CT molecular complexity index is 477. The molecule has 0 spiro atoms. The average molecular weight is 360 g/mol. The summed E-state index contributed by atoms with van der Waals surface area (Å²) in [5.74, 6) is 0. The first-order valence-electron chi connectivity index (χ1n) is 7.71. The molecule has 1 atom stereocenters. The van der Waals surface area contributed by atoms with Gasteiger partial charge in [-0.15, -0.1) is 11.8 Å². The molecule has 0 aliphatic carbocycles. The molecular formula is C15H25N2O2PS2. The molecule has 1 aromatic rings. The van der Waals surface area contributed by atoms with Crippen LogP contribution in [0.5, 0.6) is 0 Å². The molecule has 7 heteroatoms. The maximum absolute atomic E-state index is 5.67. The van der Waals surface area contributed by atoms with Crippen LogP contribution in [0.4, 0.5) is 0 Å². The standard InChI is InChI=1S/C11H16NOPS2.C4H9NO/c1-10-2-4-11(5-3-10)14(15,16)12-6-8-13-9-7-12;1-3-6-4-2-5-1/h2-5H,6-9H2,1H3,(H,15,16);5H,1-4H2. The van der Waals surface area contributed by atoms with E-state index in [-0.39, 0.29) is 0 Å². The van der Waals surface area contributed by atoms with Crippen LogP contribution in [0.25, 0.3) is 0 Å². The first kappa shape index (κ1) is 18.4. The molecule has 2 aliphatic rings. The molecule has 0 bridgehead atoms. The third-order valence-corrected chi connectivity index (χ3v) is 8.40. The Morgan fingerprint density at radius 3 is 2.05 bits per heavy atom. The first-order chi connectivity index (χ1) is 10.6. The summed E-state index contributed by atoms with van der Waals surface area (Å²) >= 11 is 11.3. The number of nitrogens with two attached hydrogens (primary N) is 1. The summed E-state index contributed by atoms with van der Waals surface area (Å²) in [5, 5.41) is 1.43. The van der Waals surface area contributed by atoms with E-state index in [1.54, 1.807) is 0 Å². The van der Waals surface area contributed by atoms with Gasteiger partial charge in [0.2, 0.25) is 0 Å². The average Bonchev–Trinajstić information content (AvgIpc) is 2.58. The van der Waals surface area contributed by atoms with Crippen LogP contribution in [0.3, 0.4) is 0 Å². The molecule has 1 unspecified atom stereocenters. The van der Waals surface area contributed by atoms with Crippen molar-refractivity contribution in [3.8, 4) is 0 Å². The number of hydrogen-bond acceptors (Lipinski definition) is 4. The van der Waals surface area contributed by atoms with Gasteiger partial charge in [0.15, 0.2) is 0 Å². The van der Waals surface area contributed by atoms with Crippen molar-refractivity contribution in [1.82, 2.24) is 4.67 Å². The van der Waals surface area contributed by atoms with Crippen LogP contribution in [0.2, 0.25) is 0 Å². The van der Waals surface area contributed by atoms with E-state index in [1.165, 1.54) is 5.56 Å². The Balaban J connectivity index is 0.000000246. The van der Waals surface area contributed by atoms with Crippen LogP contribution < -0.4 is 10.6 Å². The highest BCUT2D eigenvalue weighted by atomic mass is 32.9. The third-order valence-electron chi connectivity index (χ3n) is 3.65. The fraction of sp³-hybridized carbons (Fsp3) is 0.600. The number of aryl methyl sites for hydroxylation is 1. The largest absolute Gasteiger partial charge is 0.727 e. The van der Waals surface area contributed by atoms with Crippen LogP contribution >= 0.6 is 5.39 Å². The number of ether oxygens (including phenoxy) is 2. The summed E-state index contributed by atoms with van der Waals surface area (Å²) in [7, 11) is 0. The Kier molecular flexibility index (Phi) is 7.84. The van der Waals surface area contributed by atoms with Crippen LogP contribution in [-0.4, -0.2) is 57.3 Å². The highest BCUT2D eigenvalue weighted by Gasteiger charge is 2.18. The van der Waals surface area contributed by atoms with E-state index >= 15 is 0 Å². The second kappa shape index (κ2) is 9.38. The minimum Gasteiger partial charge on any atom is -0.727 e. The second-order valence-corrected chi connectivity index (χ2v) is 11.4. The van der Waals surface area contributed by atoms with Gasteiger partial charge in [-0.25, -0.2) is 0 Å². The van der Waals surface area contributed by atoms with E-state index in [0.717, 1.165) is 57.9 Å². The van der Waals surface area contributed by atoms with Gasteiger partial charge in [0.1, 0.15) is 0 Å². The zero-order valence-electron chi connectivity index (χ0n) is 13.1. The number of quaternary nitrogens is 1. The van der Waals surface area contributed by atoms with Crippen molar-refractivity contribution < 1.29 is 14.8 Å². The summed E-state index contributed by atoms with van der Waals surface area (Å²) in [6.07, 6.45) is 0. The lowest BCUT2D eigenvalue weighted by atomic mass is 10.2. The number of benzene rings is 1. The van der Waals surface area contributed by atoms with Crippen molar-refractivity contribution in [2.24, 2.45) is 0 Å². The number of nitrogens with zero attached hydrogens (tertiary/aromatic N) is 1. The van der Waals surface area contributed by atoms with Crippen molar-refractivity contribution in [1.29, 1.82) is 0 Å². The van der Waals surface area contributed by atoms with Gasteiger partial charge in [-0.2, -0.15) is 0 Å². The summed E-state index contributed by atoms with van der Waals surface area (Å²) in [5.41, 5.74) is 1.25. The maximum Gasteiger partial charge on any atom is 0.0993 e. The monoisotopic (exact) mass is 360 g/mol. The second-order valence-electron chi connectivity index (χ2n) is 5.40. The molecule has 4 nitrogen and oxygen atoms in total. The van der Waals surface area contributed by atoms with Gasteiger partial charge in [0, 0.05) is 13.1 Å². The van der Waals surface area contributed by atoms with Gasteiger partial charge < -0.3 is 27.0 Å². The molecule has 3 rings (SSSR count). The normalized spacial score (nSPS) is 22.3. The minimum absolute atomic E-state index is 0.751. The van der Waals surface area contributed by atoms with Crippen molar-refractivity contribution in [3.63, 3.8) is 0 Å². The lowest BCUT2D eigenvalue weighted by molar-refractivity contribution is -0.670. The Hall–Kier alpha value is 0.0600. The molecule has 0 amide bonds. The van der Waals surface area contributed by atoms with Gasteiger partial charge in [-0.3, -0.25) is 4.67 Å². The van der Waals surface area contributed by atoms with Gasteiger partial charge in [0.25, 0.3) is 0 Å². The molecule has 124 valence electrons. The predicted molar refractivity (Wildman–Crippen MR) is 97.3 cm³/mol. The van der Waals surface area contributed by atoms with E-state index < -0.39 is 5.39 Å². The minimum atomic E-state index is -1.97. The molecule has 2 fully saturated rings. The lowest BCUT2D eigenvalue weighted by Gasteiger charge is -2.43. The number of hydrogen-bond donors (Lipinski definition) is 1. The lowest BCUT2D eigenvalue weighted by Crippen LogP contribution is -2.87. The molecule has 2 saturated heterocycles. The zero-order valence-corrected chi connectivity index (χ0v) is 15.6. The van der Waals surface area contributed by atoms with Crippen LogP contribution in [0.1, 0.15) is 5.56 Å². The highest BCUT2D eigenvalue weighted by molar-refractivity contribution is 8.56. The predicted octanol–water partition coefficient (Wildman–Crippen LogP) is 0.389. The van der Waals surface area contributed by atoms with Gasteiger partial charge in [-0.1, -0.05) is 35.2 Å². The number of morpholine rings is 2. The Labute approximate surface area is 143 Å². The fourth-order valence-electron chi connectivity index (χ4n) is 2.29. The topological polar surface area (TPSA) is 38.3 Å². The van der Waals surface area contributed by atoms with E-state index in [1.807, 2.05) is 0 Å². The van der Waals surface area contributed by atoms with Crippen LogP contribution in [0, 0.1) is 6.92 Å². The summed E-state index contributed by atoms with van der Waals surface area (Å²) < 4.78 is 12.6. The fourth-order valence-corrected chi connectivity index (χ4v) is 5.55. The smallest absolute Gasteiger partial charge is 0.0993 e. The van der Waals surface area contributed by atoms with E-state index in [0.29, 0.717) is 0 Å². The molecule has 0 radical (unpaired) electrons.